The van der Waals surface area contributed by atoms with Gasteiger partial charge in [0.25, 0.3) is 5.91 Å². The molecule has 2 aromatic carbocycles. The molecule has 0 radical (unpaired) electrons. The Morgan fingerprint density at radius 3 is 2.68 bits per heavy atom. The van der Waals surface area contributed by atoms with Crippen LogP contribution < -0.4 is 10.1 Å². The van der Waals surface area contributed by atoms with E-state index >= 15 is 0 Å². The van der Waals surface area contributed by atoms with E-state index < -0.39 is 11.9 Å². The minimum Gasteiger partial charge on any atom is -0.480 e. The molecule has 0 aromatic heterocycles. The maximum atomic E-state index is 13.4. The Hall–Kier alpha value is -2.36. The summed E-state index contributed by atoms with van der Waals surface area (Å²) in [5.41, 5.74) is 1.17. The van der Waals surface area contributed by atoms with E-state index in [2.05, 4.69) is 5.32 Å². The summed E-state index contributed by atoms with van der Waals surface area (Å²) >= 11 is 0. The van der Waals surface area contributed by atoms with Crippen molar-refractivity contribution in [2.24, 2.45) is 0 Å². The van der Waals surface area contributed by atoms with E-state index in [4.69, 9.17) is 4.74 Å². The second-order valence-corrected chi connectivity index (χ2v) is 4.39. The Labute approximate surface area is 110 Å². The number of fused-ring (bicyclic) bond motifs is 1. The van der Waals surface area contributed by atoms with Crippen LogP contribution in [0.15, 0.2) is 48.5 Å². The summed E-state index contributed by atoms with van der Waals surface area (Å²) in [5, 5.41) is 2.55. The van der Waals surface area contributed by atoms with Crippen molar-refractivity contribution in [3.63, 3.8) is 0 Å². The molecule has 1 aliphatic rings. The summed E-state index contributed by atoms with van der Waals surface area (Å²) in [7, 11) is 0. The van der Waals surface area contributed by atoms with Crippen LogP contribution in [0.25, 0.3) is 0 Å². The van der Waals surface area contributed by atoms with Crippen LogP contribution in [-0.4, -0.2) is 12.0 Å². The van der Waals surface area contributed by atoms with Gasteiger partial charge in [-0.2, -0.15) is 0 Å². The Morgan fingerprint density at radius 2 is 1.89 bits per heavy atom. The number of carbonyl (C=O) groups is 1. The summed E-state index contributed by atoms with van der Waals surface area (Å²) in [6.07, 6.45) is -0.0896. The number of halogens is 1. The van der Waals surface area contributed by atoms with Gasteiger partial charge in [-0.1, -0.05) is 30.3 Å². The zero-order valence-electron chi connectivity index (χ0n) is 10.1. The van der Waals surface area contributed by atoms with Gasteiger partial charge in [-0.15, -0.1) is 0 Å². The fourth-order valence-electron chi connectivity index (χ4n) is 2.10. The summed E-state index contributed by atoms with van der Waals surface area (Å²) in [5.74, 6) is -0.0659. The lowest BCUT2D eigenvalue weighted by Gasteiger charge is -2.11. The Balaban J connectivity index is 1.72. The summed E-state index contributed by atoms with van der Waals surface area (Å²) < 4.78 is 19.0. The highest BCUT2D eigenvalue weighted by Gasteiger charge is 2.29. The summed E-state index contributed by atoms with van der Waals surface area (Å²) in [6.45, 7) is 0. The van der Waals surface area contributed by atoms with Crippen LogP contribution >= 0.6 is 0 Å². The molecule has 3 nitrogen and oxygen atoms in total. The van der Waals surface area contributed by atoms with Gasteiger partial charge in [-0.25, -0.2) is 4.39 Å². The van der Waals surface area contributed by atoms with E-state index in [9.17, 15) is 9.18 Å². The van der Waals surface area contributed by atoms with Crippen molar-refractivity contribution < 1.29 is 13.9 Å². The number of benzene rings is 2. The highest BCUT2D eigenvalue weighted by molar-refractivity contribution is 5.95. The molecule has 4 heteroatoms. The number of hydrogen-bond acceptors (Lipinski definition) is 2. The van der Waals surface area contributed by atoms with Crippen molar-refractivity contribution in [3.8, 4) is 5.75 Å². The van der Waals surface area contributed by atoms with Crippen molar-refractivity contribution in [1.82, 2.24) is 0 Å². The number of carbonyl (C=O) groups excluding carboxylic acids is 1. The van der Waals surface area contributed by atoms with Crippen LogP contribution in [0.4, 0.5) is 10.1 Å². The number of ether oxygens (including phenoxy) is 1. The average Bonchev–Trinajstić information content (AvgIpc) is 2.85. The summed E-state index contributed by atoms with van der Waals surface area (Å²) in [4.78, 5) is 12.0. The first-order valence-electron chi connectivity index (χ1n) is 6.04. The second-order valence-electron chi connectivity index (χ2n) is 4.39. The van der Waals surface area contributed by atoms with E-state index in [1.165, 1.54) is 12.1 Å². The number of anilines is 1. The van der Waals surface area contributed by atoms with Gasteiger partial charge in [0.2, 0.25) is 0 Å². The molecule has 96 valence electrons. The standard InChI is InChI=1S/C15H12FNO2/c16-11-6-2-3-7-12(11)17-15(18)14-9-10-5-1-4-8-13(10)19-14/h1-8,14H,9H2,(H,17,18). The first-order valence-corrected chi connectivity index (χ1v) is 6.04. The lowest BCUT2D eigenvalue weighted by molar-refractivity contribution is -0.122. The van der Waals surface area contributed by atoms with Crippen LogP contribution in [0.2, 0.25) is 0 Å². The molecule has 19 heavy (non-hydrogen) atoms. The number of nitrogens with one attached hydrogen (secondary N) is 1. The largest absolute Gasteiger partial charge is 0.480 e. The van der Waals surface area contributed by atoms with Gasteiger partial charge in [0.05, 0.1) is 5.69 Å². The van der Waals surface area contributed by atoms with Gasteiger partial charge in [-0.05, 0) is 23.8 Å². The van der Waals surface area contributed by atoms with E-state index in [0.29, 0.717) is 6.42 Å². The van der Waals surface area contributed by atoms with Crippen LogP contribution in [-0.2, 0) is 11.2 Å². The van der Waals surface area contributed by atoms with Gasteiger partial charge >= 0.3 is 0 Å². The smallest absolute Gasteiger partial charge is 0.265 e. The maximum Gasteiger partial charge on any atom is 0.265 e. The SMILES string of the molecule is O=C(Nc1ccccc1F)C1Cc2ccccc2O1. The van der Waals surface area contributed by atoms with Crippen LogP contribution in [0.1, 0.15) is 5.56 Å². The fraction of sp³-hybridized carbons (Fsp3) is 0.133. The van der Waals surface area contributed by atoms with Crippen molar-refractivity contribution in [2.45, 2.75) is 12.5 Å². The van der Waals surface area contributed by atoms with E-state index in [1.807, 2.05) is 24.3 Å². The fourth-order valence-corrected chi connectivity index (χ4v) is 2.10. The molecule has 0 saturated carbocycles. The number of para-hydroxylation sites is 2. The topological polar surface area (TPSA) is 38.3 Å². The van der Waals surface area contributed by atoms with Gasteiger partial charge in [0.15, 0.2) is 6.10 Å². The van der Waals surface area contributed by atoms with Crippen LogP contribution in [0, 0.1) is 5.82 Å². The minimum absolute atomic E-state index is 0.173. The normalized spacial score (nSPS) is 16.6. The Morgan fingerprint density at radius 1 is 1.16 bits per heavy atom. The molecular weight excluding hydrogens is 245 g/mol. The van der Waals surface area contributed by atoms with Gasteiger partial charge in [0, 0.05) is 6.42 Å². The average molecular weight is 257 g/mol. The predicted octanol–water partition coefficient (Wildman–Crippen LogP) is 2.77. The molecular formula is C15H12FNO2. The molecule has 3 rings (SSSR count). The van der Waals surface area contributed by atoms with E-state index in [0.717, 1.165) is 11.3 Å². The molecule has 0 aliphatic carbocycles. The third kappa shape index (κ3) is 2.29. The molecule has 1 heterocycles. The zero-order valence-corrected chi connectivity index (χ0v) is 10.1. The predicted molar refractivity (Wildman–Crippen MR) is 69.6 cm³/mol. The highest BCUT2D eigenvalue weighted by Crippen LogP contribution is 2.28. The van der Waals surface area contributed by atoms with Crippen molar-refractivity contribution in [2.75, 3.05) is 5.32 Å². The highest BCUT2D eigenvalue weighted by atomic mass is 19.1. The van der Waals surface area contributed by atoms with Crippen molar-refractivity contribution in [3.05, 3.63) is 59.9 Å². The molecule has 0 saturated heterocycles. The third-order valence-corrected chi connectivity index (χ3v) is 3.07. The summed E-state index contributed by atoms with van der Waals surface area (Å²) in [6, 6.07) is 13.6. The molecule has 1 aliphatic heterocycles. The monoisotopic (exact) mass is 257 g/mol. The second kappa shape index (κ2) is 4.72. The van der Waals surface area contributed by atoms with Crippen LogP contribution in [0.5, 0.6) is 5.75 Å². The van der Waals surface area contributed by atoms with Crippen LogP contribution in [0.3, 0.4) is 0 Å². The third-order valence-electron chi connectivity index (χ3n) is 3.07. The molecule has 1 amide bonds. The Kier molecular flexibility index (Phi) is 2.91. The maximum absolute atomic E-state index is 13.4. The number of rotatable bonds is 2. The molecule has 0 bridgehead atoms. The molecule has 1 atom stereocenters. The molecule has 0 spiro atoms. The molecule has 2 aromatic rings. The lowest BCUT2D eigenvalue weighted by atomic mass is 10.1. The number of amides is 1. The van der Waals surface area contributed by atoms with Gasteiger partial charge in [-0.3, -0.25) is 4.79 Å². The van der Waals surface area contributed by atoms with Gasteiger partial charge < -0.3 is 10.1 Å². The van der Waals surface area contributed by atoms with E-state index in [-0.39, 0.29) is 11.6 Å². The van der Waals surface area contributed by atoms with Gasteiger partial charge in [0.1, 0.15) is 11.6 Å². The first-order chi connectivity index (χ1) is 9.24. The molecule has 0 fully saturated rings. The quantitative estimate of drug-likeness (QED) is 0.898. The van der Waals surface area contributed by atoms with E-state index in [1.54, 1.807) is 12.1 Å². The molecule has 1 unspecified atom stereocenters. The van der Waals surface area contributed by atoms with Crippen molar-refractivity contribution in [1.29, 1.82) is 0 Å². The molecule has 1 N–H and O–H groups in total. The number of hydrogen-bond donors (Lipinski definition) is 1. The lowest BCUT2D eigenvalue weighted by Crippen LogP contribution is -2.31. The zero-order chi connectivity index (χ0) is 13.2. The minimum atomic E-state index is -0.600. The Bertz CT molecular complexity index is 602. The van der Waals surface area contributed by atoms with Crippen molar-refractivity contribution >= 4 is 11.6 Å². The first kappa shape index (κ1) is 11.7.